The van der Waals surface area contributed by atoms with Gasteiger partial charge in [0.05, 0.1) is 22.8 Å². The Morgan fingerprint density at radius 1 is 0.957 bits per heavy atom. The SMILES string of the molecule is Cc1cc2c(cc1-c1cnn(C)c1)CCCN2c1nn(C2CCC(CN3CCC(Oc4ccc(N5CCC6(CC5)C[C@H](C)N(c5ccc(C#N)c(Cl)c5)C6)nn4)CC3)CC2)c2c1CN(C(C)O)CC2. The molecular formula is C54H69ClN12O2. The van der Waals surface area contributed by atoms with Gasteiger partial charge in [-0.1, -0.05) is 11.6 Å². The molecule has 1 N–H and O–H groups in total. The van der Waals surface area contributed by atoms with Crippen LogP contribution >= 0.6 is 11.6 Å². The van der Waals surface area contributed by atoms with Crippen molar-refractivity contribution in [2.45, 2.75) is 129 Å². The maximum atomic E-state index is 10.7. The first kappa shape index (κ1) is 46.2. The summed E-state index contributed by atoms with van der Waals surface area (Å²) in [5.41, 5.74) is 10.9. The van der Waals surface area contributed by atoms with Gasteiger partial charge in [-0.25, -0.2) is 0 Å². The van der Waals surface area contributed by atoms with Gasteiger partial charge in [0.15, 0.2) is 11.6 Å². The van der Waals surface area contributed by atoms with Gasteiger partial charge < -0.3 is 29.4 Å². The number of aliphatic hydroxyl groups excluding tert-OH is 1. The third-order valence-corrected chi connectivity index (χ3v) is 17.2. The van der Waals surface area contributed by atoms with Crippen LogP contribution in [0, 0.1) is 29.6 Å². The summed E-state index contributed by atoms with van der Waals surface area (Å²) in [5.74, 6) is 3.34. The number of nitrogens with zero attached hydrogens (tertiary/aromatic N) is 12. The molecule has 4 fully saturated rings. The number of aliphatic hydroxyl groups is 1. The van der Waals surface area contributed by atoms with Crippen LogP contribution in [0.3, 0.4) is 0 Å². The maximum Gasteiger partial charge on any atom is 0.233 e. The lowest BCUT2D eigenvalue weighted by atomic mass is 9.77. The molecule has 14 nitrogen and oxygen atoms in total. The van der Waals surface area contributed by atoms with Crippen LogP contribution in [0.4, 0.5) is 23.0 Å². The highest BCUT2D eigenvalue weighted by atomic mass is 35.5. The predicted octanol–water partition coefficient (Wildman–Crippen LogP) is 8.85. The number of anilines is 4. The van der Waals surface area contributed by atoms with Gasteiger partial charge in [0.1, 0.15) is 18.4 Å². The highest BCUT2D eigenvalue weighted by Gasteiger charge is 2.44. The zero-order valence-corrected chi connectivity index (χ0v) is 41.8. The van der Waals surface area contributed by atoms with E-state index in [1.54, 1.807) is 0 Å². The van der Waals surface area contributed by atoms with Crippen LogP contribution in [0.25, 0.3) is 11.1 Å². The van der Waals surface area contributed by atoms with E-state index in [0.717, 1.165) is 146 Å². The lowest BCUT2D eigenvalue weighted by Crippen LogP contribution is -2.42. The van der Waals surface area contributed by atoms with Crippen molar-refractivity contribution >= 4 is 34.6 Å². The van der Waals surface area contributed by atoms with Gasteiger partial charge in [-0.05, 0) is 156 Å². The summed E-state index contributed by atoms with van der Waals surface area (Å²) in [7, 11) is 1.98. The molecule has 0 radical (unpaired) electrons. The lowest BCUT2D eigenvalue weighted by molar-refractivity contribution is 0.00853. The van der Waals surface area contributed by atoms with E-state index in [0.29, 0.717) is 34.5 Å². The molecule has 5 aromatic rings. The molecular weight excluding hydrogens is 884 g/mol. The van der Waals surface area contributed by atoms with E-state index >= 15 is 0 Å². The molecule has 1 spiro atoms. The first-order valence-electron chi connectivity index (χ1n) is 25.9. The van der Waals surface area contributed by atoms with Crippen molar-refractivity contribution in [3.05, 3.63) is 87.8 Å². The molecule has 1 aliphatic carbocycles. The molecule has 0 bridgehead atoms. The molecule has 364 valence electrons. The van der Waals surface area contributed by atoms with Gasteiger partial charge in [0.25, 0.3) is 0 Å². The molecule has 6 aliphatic rings. The van der Waals surface area contributed by atoms with Crippen LogP contribution in [0.5, 0.6) is 5.88 Å². The number of hydrogen-bond acceptors (Lipinski definition) is 12. The van der Waals surface area contributed by atoms with Crippen molar-refractivity contribution in [2.24, 2.45) is 18.4 Å². The number of piperidine rings is 2. The van der Waals surface area contributed by atoms with E-state index in [1.807, 2.05) is 49.1 Å². The highest BCUT2D eigenvalue weighted by Crippen LogP contribution is 2.47. The molecule has 11 rings (SSSR count). The minimum absolute atomic E-state index is 0.161. The van der Waals surface area contributed by atoms with Gasteiger partial charge in [-0.15, -0.1) is 10.2 Å². The van der Waals surface area contributed by atoms with Gasteiger partial charge in [0, 0.05) is 119 Å². The zero-order chi connectivity index (χ0) is 47.4. The second-order valence-electron chi connectivity index (χ2n) is 21.5. The van der Waals surface area contributed by atoms with E-state index in [1.165, 1.54) is 46.5 Å². The van der Waals surface area contributed by atoms with E-state index < -0.39 is 6.23 Å². The van der Waals surface area contributed by atoms with E-state index in [9.17, 15) is 10.4 Å². The third kappa shape index (κ3) is 9.32. The molecule has 15 heteroatoms. The number of hydrogen-bond donors (Lipinski definition) is 1. The minimum Gasteiger partial charge on any atom is -0.473 e. The molecule has 69 heavy (non-hydrogen) atoms. The van der Waals surface area contributed by atoms with Crippen molar-refractivity contribution in [1.82, 2.24) is 39.6 Å². The topological polar surface area (TPSA) is 131 Å². The Kier molecular flexibility index (Phi) is 12.8. The van der Waals surface area contributed by atoms with Crippen LogP contribution < -0.4 is 19.4 Å². The molecule has 2 aromatic carbocycles. The zero-order valence-electron chi connectivity index (χ0n) is 41.0. The number of aryl methyl sites for hydroxylation is 3. The number of rotatable bonds is 10. The Hall–Kier alpha value is -5.20. The smallest absolute Gasteiger partial charge is 0.233 e. The fourth-order valence-corrected chi connectivity index (χ4v) is 13.2. The van der Waals surface area contributed by atoms with Gasteiger partial charge in [-0.3, -0.25) is 14.3 Å². The van der Waals surface area contributed by atoms with Crippen molar-refractivity contribution in [3.63, 3.8) is 0 Å². The van der Waals surface area contributed by atoms with Crippen LogP contribution in [-0.4, -0.2) is 115 Å². The van der Waals surface area contributed by atoms with Gasteiger partial charge in [-0.2, -0.15) is 15.5 Å². The summed E-state index contributed by atoms with van der Waals surface area (Å²) in [5, 5.41) is 39.8. The average molecular weight is 954 g/mol. The van der Waals surface area contributed by atoms with Crippen molar-refractivity contribution in [2.75, 3.05) is 67.1 Å². The average Bonchev–Trinajstić information content (AvgIpc) is 4.06. The molecule has 3 saturated heterocycles. The van der Waals surface area contributed by atoms with Crippen LogP contribution in [0.1, 0.15) is 112 Å². The standard InChI is InChI=1S/C54H69ClN12O2/c1-36-26-50-40(27-46(36)42-31-57-61(4)33-42)6-5-20-65(50)53-47-34-64(38(3)68)23-17-49(47)67(60-53)43-10-7-39(8-11-43)32-62-21-15-45(16-22-62)69-52-14-13-51(58-59-52)63-24-18-54(19-25-63)29-37(2)66(35-54)44-12-9-41(30-56)48(55)28-44/h9,12-14,26-28,31,33,37-39,43,45,68H,5-8,10-11,15-25,29,32,34-35H2,1-4H3/t37-,38?,39?,43?/m0/s1. The number of halogens is 1. The Morgan fingerprint density at radius 2 is 1.77 bits per heavy atom. The summed E-state index contributed by atoms with van der Waals surface area (Å²) in [4.78, 5) is 12.2. The first-order chi connectivity index (χ1) is 33.5. The Labute approximate surface area is 412 Å². The summed E-state index contributed by atoms with van der Waals surface area (Å²) >= 11 is 6.41. The number of ether oxygens (including phenoxy) is 1. The molecule has 2 atom stereocenters. The van der Waals surface area contributed by atoms with Crippen LogP contribution in [0.15, 0.2) is 54.9 Å². The van der Waals surface area contributed by atoms with Crippen molar-refractivity contribution < 1.29 is 9.84 Å². The van der Waals surface area contributed by atoms with E-state index in [-0.39, 0.29) is 11.5 Å². The van der Waals surface area contributed by atoms with E-state index in [4.69, 9.17) is 21.4 Å². The highest BCUT2D eigenvalue weighted by molar-refractivity contribution is 6.32. The summed E-state index contributed by atoms with van der Waals surface area (Å²) < 4.78 is 10.8. The molecule has 8 heterocycles. The summed E-state index contributed by atoms with van der Waals surface area (Å²) in [6, 6.07) is 17.7. The predicted molar refractivity (Wildman–Crippen MR) is 271 cm³/mol. The van der Waals surface area contributed by atoms with Crippen molar-refractivity contribution in [1.29, 1.82) is 5.26 Å². The number of likely N-dealkylation sites (tertiary alicyclic amines) is 1. The largest absolute Gasteiger partial charge is 0.473 e. The fraction of sp³-hybridized carbons (Fsp3) is 0.574. The van der Waals surface area contributed by atoms with Gasteiger partial charge in [0.2, 0.25) is 5.88 Å². The first-order valence-corrected chi connectivity index (χ1v) is 26.2. The fourth-order valence-electron chi connectivity index (χ4n) is 13.0. The Morgan fingerprint density at radius 3 is 2.48 bits per heavy atom. The van der Waals surface area contributed by atoms with Gasteiger partial charge >= 0.3 is 0 Å². The number of nitriles is 1. The monoisotopic (exact) mass is 953 g/mol. The summed E-state index contributed by atoms with van der Waals surface area (Å²) in [6.45, 7) is 15.1. The molecule has 5 aliphatic heterocycles. The quantitative estimate of drug-likeness (QED) is 0.144. The maximum absolute atomic E-state index is 10.7. The second kappa shape index (κ2) is 19.2. The Balaban J connectivity index is 0.665. The number of benzene rings is 2. The minimum atomic E-state index is -0.488. The molecule has 3 aromatic heterocycles. The summed E-state index contributed by atoms with van der Waals surface area (Å²) in [6.07, 6.45) is 16.9. The third-order valence-electron chi connectivity index (χ3n) is 16.9. The van der Waals surface area contributed by atoms with Crippen LogP contribution in [0.2, 0.25) is 5.02 Å². The normalized spacial score (nSPS) is 23.8. The second-order valence-corrected chi connectivity index (χ2v) is 21.9. The number of aromatic nitrogens is 6. The molecule has 1 unspecified atom stereocenters. The number of fused-ring (bicyclic) bond motifs is 2. The lowest BCUT2D eigenvalue weighted by Gasteiger charge is -2.39. The van der Waals surface area contributed by atoms with Crippen LogP contribution in [-0.2, 0) is 26.4 Å². The molecule has 1 saturated carbocycles. The molecule has 0 amide bonds. The Bertz CT molecular complexity index is 2670. The van der Waals surface area contributed by atoms with Crippen molar-refractivity contribution in [3.8, 4) is 23.1 Å². The van der Waals surface area contributed by atoms with E-state index in [2.05, 4.69) is 88.8 Å².